The molecule has 11 nitrogen and oxygen atoms in total. The summed E-state index contributed by atoms with van der Waals surface area (Å²) in [5, 5.41) is 19.8. The van der Waals surface area contributed by atoms with Crippen LogP contribution < -0.4 is 16.1 Å². The molecule has 0 saturated carbocycles. The molecule has 4 N–H and O–H groups in total. The predicted molar refractivity (Wildman–Crippen MR) is 124 cm³/mol. The number of hydrazone groups is 1. The van der Waals surface area contributed by atoms with Crippen LogP contribution in [0.2, 0.25) is 0 Å². The molecule has 1 amide bonds. The molecule has 1 aromatic carbocycles. The van der Waals surface area contributed by atoms with E-state index in [9.17, 15) is 4.79 Å². The summed E-state index contributed by atoms with van der Waals surface area (Å²) in [6, 6.07) is 4.16. The number of nitrogen functional groups attached to an aromatic ring is 1. The SMILES string of the molecule is CCC[NH+](CCC)Cc1c(C(=O)NN=Cc2c(C)cc(C)cc2C)nnn1-c1nonc1N. The van der Waals surface area contributed by atoms with Gasteiger partial charge < -0.3 is 10.6 Å². The van der Waals surface area contributed by atoms with Gasteiger partial charge in [0.1, 0.15) is 12.2 Å². The Morgan fingerprint density at radius 3 is 2.42 bits per heavy atom. The quantitative estimate of drug-likeness (QED) is 0.308. The van der Waals surface area contributed by atoms with Gasteiger partial charge in [0.25, 0.3) is 5.91 Å². The highest BCUT2D eigenvalue weighted by Crippen LogP contribution is 2.16. The Kier molecular flexibility index (Phi) is 7.88. The number of quaternary nitrogens is 1. The van der Waals surface area contributed by atoms with Crippen molar-refractivity contribution in [1.82, 2.24) is 30.7 Å². The summed E-state index contributed by atoms with van der Waals surface area (Å²) in [6.45, 7) is 12.7. The van der Waals surface area contributed by atoms with E-state index in [1.54, 1.807) is 6.21 Å². The molecule has 0 aliphatic rings. The third-order valence-electron chi connectivity index (χ3n) is 5.40. The van der Waals surface area contributed by atoms with E-state index in [-0.39, 0.29) is 17.3 Å². The van der Waals surface area contributed by atoms with Gasteiger partial charge >= 0.3 is 0 Å². The third kappa shape index (κ3) is 5.61. The number of amides is 1. The molecular weight excluding hydrogens is 422 g/mol. The first-order valence-electron chi connectivity index (χ1n) is 11.1. The number of aryl methyl sites for hydroxylation is 3. The van der Waals surface area contributed by atoms with Crippen LogP contribution >= 0.6 is 0 Å². The van der Waals surface area contributed by atoms with Gasteiger partial charge in [-0.05, 0) is 55.1 Å². The normalized spacial score (nSPS) is 11.6. The number of carbonyl (C=O) groups is 1. The monoisotopic (exact) mass is 454 g/mol. The van der Waals surface area contributed by atoms with Crippen LogP contribution in [0.5, 0.6) is 0 Å². The van der Waals surface area contributed by atoms with Crippen LogP contribution in [-0.2, 0) is 6.54 Å². The molecule has 2 heterocycles. The van der Waals surface area contributed by atoms with E-state index < -0.39 is 5.91 Å². The Hall–Kier alpha value is -3.60. The fourth-order valence-electron chi connectivity index (χ4n) is 3.99. The second kappa shape index (κ2) is 10.8. The summed E-state index contributed by atoms with van der Waals surface area (Å²) in [5.41, 5.74) is 13.5. The van der Waals surface area contributed by atoms with Gasteiger partial charge in [0.05, 0.1) is 19.3 Å². The second-order valence-electron chi connectivity index (χ2n) is 8.21. The van der Waals surface area contributed by atoms with Crippen molar-refractivity contribution in [2.75, 3.05) is 18.8 Å². The Morgan fingerprint density at radius 2 is 1.85 bits per heavy atom. The van der Waals surface area contributed by atoms with Crippen molar-refractivity contribution < 1.29 is 14.3 Å². The van der Waals surface area contributed by atoms with E-state index in [2.05, 4.69) is 57.1 Å². The second-order valence-corrected chi connectivity index (χ2v) is 8.21. The number of anilines is 1. The zero-order valence-electron chi connectivity index (χ0n) is 19.8. The summed E-state index contributed by atoms with van der Waals surface area (Å²) >= 11 is 0. The maximum Gasteiger partial charge on any atom is 0.294 e. The molecule has 33 heavy (non-hydrogen) atoms. The lowest BCUT2D eigenvalue weighted by Crippen LogP contribution is -3.10. The topological polar surface area (TPSA) is 142 Å². The first-order valence-corrected chi connectivity index (χ1v) is 11.1. The number of hydrogen-bond donors (Lipinski definition) is 3. The van der Waals surface area contributed by atoms with Crippen LogP contribution in [0.15, 0.2) is 21.9 Å². The number of nitrogens with zero attached hydrogens (tertiary/aromatic N) is 6. The van der Waals surface area contributed by atoms with Crippen molar-refractivity contribution in [3.8, 4) is 5.82 Å². The van der Waals surface area contributed by atoms with E-state index in [1.165, 1.54) is 15.1 Å². The van der Waals surface area contributed by atoms with Gasteiger partial charge in [0.2, 0.25) is 11.6 Å². The van der Waals surface area contributed by atoms with Crippen molar-refractivity contribution in [1.29, 1.82) is 0 Å². The van der Waals surface area contributed by atoms with Crippen molar-refractivity contribution in [3.63, 3.8) is 0 Å². The summed E-state index contributed by atoms with van der Waals surface area (Å²) in [5.74, 6) is -0.181. The number of carbonyl (C=O) groups excluding carboxylic acids is 1. The van der Waals surface area contributed by atoms with E-state index in [1.807, 2.05) is 20.8 Å². The van der Waals surface area contributed by atoms with Crippen LogP contribution in [-0.4, -0.2) is 50.5 Å². The Balaban J connectivity index is 1.89. The highest BCUT2D eigenvalue weighted by atomic mass is 16.6. The van der Waals surface area contributed by atoms with Gasteiger partial charge in [-0.15, -0.1) is 5.10 Å². The van der Waals surface area contributed by atoms with Gasteiger partial charge in [-0.2, -0.15) is 9.78 Å². The molecular formula is C22H32N9O2+. The zero-order valence-corrected chi connectivity index (χ0v) is 19.8. The summed E-state index contributed by atoms with van der Waals surface area (Å²) in [6.07, 6.45) is 3.66. The maximum atomic E-state index is 13.0. The van der Waals surface area contributed by atoms with Crippen molar-refractivity contribution >= 4 is 17.9 Å². The molecule has 2 aromatic heterocycles. The van der Waals surface area contributed by atoms with Gasteiger partial charge in [0, 0.05) is 5.56 Å². The molecule has 3 rings (SSSR count). The first kappa shape index (κ1) is 24.1. The van der Waals surface area contributed by atoms with Crippen molar-refractivity contribution in [2.24, 2.45) is 5.10 Å². The molecule has 0 unspecified atom stereocenters. The van der Waals surface area contributed by atoms with Crippen LogP contribution in [0.3, 0.4) is 0 Å². The van der Waals surface area contributed by atoms with Crippen LogP contribution in [0.25, 0.3) is 5.82 Å². The van der Waals surface area contributed by atoms with Crippen molar-refractivity contribution in [3.05, 3.63) is 45.8 Å². The van der Waals surface area contributed by atoms with Gasteiger partial charge in [-0.1, -0.05) is 36.8 Å². The first-order chi connectivity index (χ1) is 15.8. The summed E-state index contributed by atoms with van der Waals surface area (Å²) in [4.78, 5) is 14.3. The Bertz CT molecular complexity index is 1100. The number of benzene rings is 1. The van der Waals surface area contributed by atoms with Crippen LogP contribution in [0.4, 0.5) is 5.82 Å². The van der Waals surface area contributed by atoms with E-state index in [4.69, 9.17) is 10.4 Å². The molecule has 0 fully saturated rings. The number of rotatable bonds is 10. The molecule has 0 atom stereocenters. The molecule has 176 valence electrons. The minimum absolute atomic E-state index is 0.0731. The fraction of sp³-hybridized carbons (Fsp3) is 0.455. The molecule has 0 saturated heterocycles. The highest BCUT2D eigenvalue weighted by molar-refractivity contribution is 5.94. The minimum atomic E-state index is -0.461. The Labute approximate surface area is 193 Å². The molecule has 3 aromatic rings. The van der Waals surface area contributed by atoms with E-state index >= 15 is 0 Å². The highest BCUT2D eigenvalue weighted by Gasteiger charge is 2.27. The number of nitrogens with two attached hydrogens (primary N) is 1. The number of nitrogens with one attached hydrogen (secondary N) is 2. The van der Waals surface area contributed by atoms with Gasteiger partial charge in [-0.3, -0.25) is 4.79 Å². The summed E-state index contributed by atoms with van der Waals surface area (Å²) < 4.78 is 6.15. The largest absolute Gasteiger partial charge is 0.378 e. The third-order valence-corrected chi connectivity index (χ3v) is 5.40. The molecule has 11 heteroatoms. The van der Waals surface area contributed by atoms with E-state index in [0.29, 0.717) is 12.2 Å². The van der Waals surface area contributed by atoms with Crippen LogP contribution in [0, 0.1) is 20.8 Å². The van der Waals surface area contributed by atoms with Gasteiger partial charge in [0.15, 0.2) is 5.69 Å². The molecule has 0 bridgehead atoms. The van der Waals surface area contributed by atoms with Gasteiger partial charge in [-0.25, -0.2) is 10.1 Å². The van der Waals surface area contributed by atoms with Crippen LogP contribution in [0.1, 0.15) is 65.1 Å². The number of aromatic nitrogens is 5. The lowest BCUT2D eigenvalue weighted by atomic mass is 10.0. The lowest BCUT2D eigenvalue weighted by Gasteiger charge is -2.18. The zero-order chi connectivity index (χ0) is 24.0. The van der Waals surface area contributed by atoms with Crippen molar-refractivity contribution in [2.45, 2.75) is 54.0 Å². The standard InChI is InChI=1S/C22H31N9O2/c1-6-8-30(9-7-2)13-18-19(25-29-31(18)21-20(23)27-33-28-21)22(32)26-24-12-17-15(4)10-14(3)11-16(17)5/h10-12H,6-9,13H2,1-5H3,(H2,23,27)(H,26,32)/p+1. The summed E-state index contributed by atoms with van der Waals surface area (Å²) in [7, 11) is 0. The predicted octanol–water partition coefficient (Wildman–Crippen LogP) is 1.13. The smallest absolute Gasteiger partial charge is 0.294 e. The molecule has 0 radical (unpaired) electrons. The molecule has 0 spiro atoms. The Morgan fingerprint density at radius 1 is 1.18 bits per heavy atom. The fourth-order valence-corrected chi connectivity index (χ4v) is 3.99. The average Bonchev–Trinajstić information content (AvgIpc) is 3.36. The molecule has 0 aliphatic heterocycles. The molecule has 0 aliphatic carbocycles. The maximum absolute atomic E-state index is 13.0. The minimum Gasteiger partial charge on any atom is -0.378 e. The lowest BCUT2D eigenvalue weighted by molar-refractivity contribution is -0.914. The number of hydrogen-bond acceptors (Lipinski definition) is 8. The average molecular weight is 455 g/mol. The van der Waals surface area contributed by atoms with E-state index in [0.717, 1.165) is 42.6 Å².